The van der Waals surface area contributed by atoms with E-state index in [0.717, 1.165) is 34.5 Å². The van der Waals surface area contributed by atoms with Gasteiger partial charge in [0.2, 0.25) is 5.91 Å². The molecule has 1 unspecified atom stereocenters. The molecule has 0 saturated heterocycles. The Labute approximate surface area is 170 Å². The van der Waals surface area contributed by atoms with Crippen LogP contribution in [0.1, 0.15) is 39.2 Å². The number of para-hydroxylation sites is 2. The molecule has 2 N–H and O–H groups in total. The van der Waals surface area contributed by atoms with Crippen LogP contribution in [-0.2, 0) is 4.79 Å². The highest BCUT2D eigenvalue weighted by Gasteiger charge is 2.19. The van der Waals surface area contributed by atoms with Gasteiger partial charge in [0.25, 0.3) is 0 Å². The Bertz CT molecular complexity index is 974. The number of fused-ring (bicyclic) bond motifs is 1. The van der Waals surface area contributed by atoms with Crippen molar-refractivity contribution in [2.45, 2.75) is 44.0 Å². The van der Waals surface area contributed by atoms with Gasteiger partial charge in [0.05, 0.1) is 10.8 Å². The molecule has 0 saturated carbocycles. The largest absolute Gasteiger partial charge is 0.370 e. The highest BCUT2D eigenvalue weighted by atomic mass is 32.2. The molecule has 0 bridgehead atoms. The van der Waals surface area contributed by atoms with Gasteiger partial charge in [-0.05, 0) is 43.5 Å². The number of amides is 1. The summed E-state index contributed by atoms with van der Waals surface area (Å²) in [5.74, 6) is 1.08. The number of hydrogen-bond donors (Lipinski definition) is 2. The fraction of sp³-hybridized carbons (Fsp3) is 0.318. The van der Waals surface area contributed by atoms with Crippen LogP contribution in [0.2, 0.25) is 0 Å². The first-order valence-corrected chi connectivity index (χ1v) is 10.4. The molecule has 1 atom stereocenters. The summed E-state index contributed by atoms with van der Waals surface area (Å²) in [6.45, 7) is 8.92. The molecule has 6 heteroatoms. The van der Waals surface area contributed by atoms with Gasteiger partial charge >= 0.3 is 0 Å². The van der Waals surface area contributed by atoms with Crippen LogP contribution in [0, 0.1) is 0 Å². The summed E-state index contributed by atoms with van der Waals surface area (Å²) in [5, 5.41) is 7.60. The number of benzene rings is 2. The van der Waals surface area contributed by atoms with Crippen molar-refractivity contribution in [2.75, 3.05) is 17.2 Å². The lowest BCUT2D eigenvalue weighted by Crippen LogP contribution is -2.23. The van der Waals surface area contributed by atoms with Gasteiger partial charge in [-0.2, -0.15) is 0 Å². The van der Waals surface area contributed by atoms with Crippen LogP contribution in [-0.4, -0.2) is 27.7 Å². The number of thioether (sulfide) groups is 1. The van der Waals surface area contributed by atoms with E-state index in [2.05, 4.69) is 34.4 Å². The summed E-state index contributed by atoms with van der Waals surface area (Å²) in [4.78, 5) is 22.0. The molecule has 0 aliphatic carbocycles. The van der Waals surface area contributed by atoms with Crippen molar-refractivity contribution < 1.29 is 4.79 Å². The van der Waals surface area contributed by atoms with Crippen LogP contribution in [0.15, 0.2) is 53.7 Å². The number of nitrogens with one attached hydrogen (secondary N) is 2. The molecule has 0 aliphatic rings. The highest BCUT2D eigenvalue weighted by Crippen LogP contribution is 2.28. The number of carbonyl (C=O) groups is 1. The third-order valence-electron chi connectivity index (χ3n) is 4.42. The Morgan fingerprint density at radius 1 is 1.04 bits per heavy atom. The Morgan fingerprint density at radius 2 is 1.75 bits per heavy atom. The van der Waals surface area contributed by atoms with Crippen LogP contribution >= 0.6 is 11.8 Å². The first-order chi connectivity index (χ1) is 13.5. The average molecular weight is 395 g/mol. The number of nitrogens with zero attached hydrogens (tertiary/aromatic N) is 2. The monoisotopic (exact) mass is 394 g/mol. The molecule has 3 rings (SSSR count). The molecule has 146 valence electrons. The summed E-state index contributed by atoms with van der Waals surface area (Å²) in [7, 11) is 0. The lowest BCUT2D eigenvalue weighted by Gasteiger charge is -2.16. The van der Waals surface area contributed by atoms with Gasteiger partial charge in [-0.15, -0.1) is 0 Å². The molecular formula is C22H26N4OS. The first-order valence-electron chi connectivity index (χ1n) is 9.56. The molecule has 5 nitrogen and oxygen atoms in total. The highest BCUT2D eigenvalue weighted by molar-refractivity contribution is 8.00. The van der Waals surface area contributed by atoms with E-state index in [-0.39, 0.29) is 11.2 Å². The van der Waals surface area contributed by atoms with Crippen molar-refractivity contribution in [3.8, 4) is 0 Å². The normalized spacial score (nSPS) is 12.2. The zero-order valence-corrected chi connectivity index (χ0v) is 17.5. The van der Waals surface area contributed by atoms with Crippen molar-refractivity contribution in [3.63, 3.8) is 0 Å². The molecule has 0 aliphatic heterocycles. The second-order valence-electron chi connectivity index (χ2n) is 6.89. The molecule has 3 aromatic rings. The van der Waals surface area contributed by atoms with Gasteiger partial charge in [-0.3, -0.25) is 4.79 Å². The van der Waals surface area contributed by atoms with Gasteiger partial charge in [0, 0.05) is 17.6 Å². The van der Waals surface area contributed by atoms with Gasteiger partial charge in [0.1, 0.15) is 5.82 Å². The number of carbonyl (C=O) groups excluding carboxylic acids is 1. The fourth-order valence-electron chi connectivity index (χ4n) is 2.97. The van der Waals surface area contributed by atoms with E-state index < -0.39 is 0 Å². The van der Waals surface area contributed by atoms with Crippen molar-refractivity contribution in [2.24, 2.45) is 0 Å². The zero-order chi connectivity index (χ0) is 20.1. The molecule has 0 fully saturated rings. The minimum Gasteiger partial charge on any atom is -0.370 e. The van der Waals surface area contributed by atoms with Gasteiger partial charge < -0.3 is 10.6 Å². The van der Waals surface area contributed by atoms with E-state index in [9.17, 15) is 4.79 Å². The molecule has 28 heavy (non-hydrogen) atoms. The molecule has 2 aromatic carbocycles. The fourth-order valence-corrected chi connectivity index (χ4v) is 3.75. The summed E-state index contributed by atoms with van der Waals surface area (Å²) in [5.41, 5.74) is 2.86. The van der Waals surface area contributed by atoms with Gasteiger partial charge in [-0.1, -0.05) is 55.9 Å². The summed E-state index contributed by atoms with van der Waals surface area (Å²) in [6.07, 6.45) is 0. The average Bonchev–Trinajstić information content (AvgIpc) is 2.68. The second kappa shape index (κ2) is 9.06. The minimum absolute atomic E-state index is 0.0557. The summed E-state index contributed by atoms with van der Waals surface area (Å²) < 4.78 is 0. The maximum Gasteiger partial charge on any atom is 0.237 e. The van der Waals surface area contributed by atoms with E-state index in [1.807, 2.05) is 62.4 Å². The van der Waals surface area contributed by atoms with Crippen LogP contribution < -0.4 is 10.6 Å². The number of aromatic nitrogens is 2. The summed E-state index contributed by atoms with van der Waals surface area (Å²) in [6, 6.07) is 15.8. The minimum atomic E-state index is -0.323. The van der Waals surface area contributed by atoms with Crippen LogP contribution in [0.5, 0.6) is 0 Å². The molecule has 0 spiro atoms. The van der Waals surface area contributed by atoms with Gasteiger partial charge in [-0.25, -0.2) is 9.97 Å². The third kappa shape index (κ3) is 4.62. The van der Waals surface area contributed by atoms with E-state index in [4.69, 9.17) is 0 Å². The number of rotatable bonds is 7. The maximum atomic E-state index is 12.8. The molecule has 1 amide bonds. The SMILES string of the molecule is CCNc1nc(SC(C)C(=O)Nc2ccccc2C(C)C)nc2ccccc12. The molecular weight excluding hydrogens is 368 g/mol. The number of anilines is 2. The Morgan fingerprint density at radius 3 is 2.50 bits per heavy atom. The van der Waals surface area contributed by atoms with Crippen LogP contribution in [0.3, 0.4) is 0 Å². The predicted octanol–water partition coefficient (Wildman–Crippen LogP) is 5.30. The zero-order valence-electron chi connectivity index (χ0n) is 16.7. The van der Waals surface area contributed by atoms with Gasteiger partial charge in [0.15, 0.2) is 5.16 Å². The second-order valence-corrected chi connectivity index (χ2v) is 8.20. The molecule has 1 aromatic heterocycles. The predicted molar refractivity (Wildman–Crippen MR) is 118 cm³/mol. The standard InChI is InChI=1S/C22H26N4OS/c1-5-23-20-17-11-7-9-13-19(17)25-22(26-20)28-15(4)21(27)24-18-12-8-6-10-16(18)14(2)3/h6-15H,5H2,1-4H3,(H,24,27)(H,23,25,26). The van der Waals surface area contributed by atoms with E-state index in [1.54, 1.807) is 0 Å². The van der Waals surface area contributed by atoms with Crippen molar-refractivity contribution in [3.05, 3.63) is 54.1 Å². The van der Waals surface area contributed by atoms with Crippen molar-refractivity contribution >= 4 is 40.1 Å². The lowest BCUT2D eigenvalue weighted by atomic mass is 10.0. The Kier molecular flexibility index (Phi) is 6.52. The molecule has 0 radical (unpaired) electrons. The van der Waals surface area contributed by atoms with E-state index >= 15 is 0 Å². The van der Waals surface area contributed by atoms with Crippen LogP contribution in [0.25, 0.3) is 10.9 Å². The van der Waals surface area contributed by atoms with E-state index in [1.165, 1.54) is 11.8 Å². The molecule has 1 heterocycles. The van der Waals surface area contributed by atoms with E-state index in [0.29, 0.717) is 11.1 Å². The summed E-state index contributed by atoms with van der Waals surface area (Å²) >= 11 is 1.37. The Hall–Kier alpha value is -2.60. The van der Waals surface area contributed by atoms with Crippen molar-refractivity contribution in [1.29, 1.82) is 0 Å². The lowest BCUT2D eigenvalue weighted by molar-refractivity contribution is -0.115. The number of hydrogen-bond acceptors (Lipinski definition) is 5. The quantitative estimate of drug-likeness (QED) is 0.420. The third-order valence-corrected chi connectivity index (χ3v) is 5.38. The van der Waals surface area contributed by atoms with Crippen LogP contribution in [0.4, 0.5) is 11.5 Å². The smallest absolute Gasteiger partial charge is 0.237 e. The van der Waals surface area contributed by atoms with Crippen molar-refractivity contribution in [1.82, 2.24) is 9.97 Å². The topological polar surface area (TPSA) is 66.9 Å². The maximum absolute atomic E-state index is 12.8. The Balaban J connectivity index is 1.79. The first kappa shape index (κ1) is 20.1.